The first kappa shape index (κ1) is 17.6. The highest BCUT2D eigenvalue weighted by atomic mass is 16.6. The molecule has 120 valence electrons. The SMILES string of the molecule is COCC(NC(=O)c1c(C)cc(C)c([N+](=O)[O-])c1C)C(=O)O. The number of hydrogen-bond acceptors (Lipinski definition) is 5. The quantitative estimate of drug-likeness (QED) is 0.604. The van der Waals surface area contributed by atoms with Crippen molar-refractivity contribution in [1.29, 1.82) is 0 Å². The number of methoxy groups -OCH3 is 1. The standard InChI is InChI=1S/C14H18N2O6/c1-7-5-8(2)12(16(20)21)9(3)11(7)13(17)15-10(6-22-4)14(18)19/h5,10H,6H2,1-4H3,(H,15,17)(H,18,19). The maximum atomic E-state index is 12.3. The number of amides is 1. The van der Waals surface area contributed by atoms with Crippen LogP contribution in [0.3, 0.4) is 0 Å². The van der Waals surface area contributed by atoms with E-state index in [4.69, 9.17) is 9.84 Å². The van der Waals surface area contributed by atoms with Crippen LogP contribution in [0.15, 0.2) is 6.07 Å². The number of carbonyl (C=O) groups excluding carboxylic acids is 1. The Morgan fingerprint density at radius 2 is 1.95 bits per heavy atom. The number of ether oxygens (including phenoxy) is 1. The van der Waals surface area contributed by atoms with Crippen LogP contribution in [0.1, 0.15) is 27.0 Å². The van der Waals surface area contributed by atoms with E-state index in [1.165, 1.54) is 20.1 Å². The summed E-state index contributed by atoms with van der Waals surface area (Å²) >= 11 is 0. The van der Waals surface area contributed by atoms with E-state index in [9.17, 15) is 19.7 Å². The smallest absolute Gasteiger partial charge is 0.328 e. The zero-order valence-corrected chi connectivity index (χ0v) is 12.8. The van der Waals surface area contributed by atoms with Gasteiger partial charge in [0.2, 0.25) is 0 Å². The number of carboxylic acid groups (broad SMARTS) is 1. The van der Waals surface area contributed by atoms with Crippen molar-refractivity contribution in [3.05, 3.63) is 38.4 Å². The predicted octanol–water partition coefficient (Wildman–Crippen LogP) is 1.35. The molecule has 0 fully saturated rings. The lowest BCUT2D eigenvalue weighted by atomic mass is 9.96. The molecule has 0 radical (unpaired) electrons. The third-order valence-electron chi connectivity index (χ3n) is 3.28. The summed E-state index contributed by atoms with van der Waals surface area (Å²) in [5, 5.41) is 22.5. The summed E-state index contributed by atoms with van der Waals surface area (Å²) in [5.41, 5.74) is 1.17. The number of nitrogens with one attached hydrogen (secondary N) is 1. The van der Waals surface area contributed by atoms with Crippen LogP contribution in [-0.2, 0) is 9.53 Å². The van der Waals surface area contributed by atoms with Gasteiger partial charge in [0.1, 0.15) is 0 Å². The number of nitro groups is 1. The zero-order chi connectivity index (χ0) is 17.0. The van der Waals surface area contributed by atoms with E-state index < -0.39 is 22.8 Å². The highest BCUT2D eigenvalue weighted by Gasteiger charge is 2.27. The van der Waals surface area contributed by atoms with Crippen LogP contribution >= 0.6 is 0 Å². The maximum absolute atomic E-state index is 12.3. The van der Waals surface area contributed by atoms with E-state index >= 15 is 0 Å². The molecule has 0 aliphatic heterocycles. The molecule has 1 aromatic carbocycles. The van der Waals surface area contributed by atoms with Crippen molar-refractivity contribution in [2.75, 3.05) is 13.7 Å². The Hall–Kier alpha value is -2.48. The van der Waals surface area contributed by atoms with Crippen molar-refractivity contribution in [2.24, 2.45) is 0 Å². The lowest BCUT2D eigenvalue weighted by molar-refractivity contribution is -0.386. The molecule has 1 rings (SSSR count). The molecule has 1 unspecified atom stereocenters. The number of rotatable bonds is 6. The van der Waals surface area contributed by atoms with Crippen molar-refractivity contribution >= 4 is 17.6 Å². The summed E-state index contributed by atoms with van der Waals surface area (Å²) in [4.78, 5) is 33.9. The summed E-state index contributed by atoms with van der Waals surface area (Å²) in [6.45, 7) is 4.50. The summed E-state index contributed by atoms with van der Waals surface area (Å²) in [5.74, 6) is -1.92. The molecule has 0 spiro atoms. The van der Waals surface area contributed by atoms with Crippen molar-refractivity contribution in [2.45, 2.75) is 26.8 Å². The zero-order valence-electron chi connectivity index (χ0n) is 12.8. The molecule has 22 heavy (non-hydrogen) atoms. The fourth-order valence-electron chi connectivity index (χ4n) is 2.38. The molecule has 0 aliphatic carbocycles. The second kappa shape index (κ2) is 6.99. The van der Waals surface area contributed by atoms with E-state index in [0.717, 1.165) is 0 Å². The molecule has 8 heteroatoms. The van der Waals surface area contributed by atoms with Gasteiger partial charge in [-0.2, -0.15) is 0 Å². The average Bonchev–Trinajstić information content (AvgIpc) is 2.36. The Bertz CT molecular complexity index is 626. The number of hydrogen-bond donors (Lipinski definition) is 2. The first-order valence-corrected chi connectivity index (χ1v) is 6.48. The fourth-order valence-corrected chi connectivity index (χ4v) is 2.38. The Balaban J connectivity index is 3.26. The third-order valence-corrected chi connectivity index (χ3v) is 3.28. The van der Waals surface area contributed by atoms with Gasteiger partial charge in [-0.3, -0.25) is 14.9 Å². The van der Waals surface area contributed by atoms with Gasteiger partial charge in [-0.05, 0) is 32.4 Å². The number of carbonyl (C=O) groups is 2. The molecule has 8 nitrogen and oxygen atoms in total. The normalized spacial score (nSPS) is 11.8. The Kier molecular flexibility index (Phi) is 5.58. The lowest BCUT2D eigenvalue weighted by Gasteiger charge is -2.16. The van der Waals surface area contributed by atoms with Gasteiger partial charge in [0.25, 0.3) is 11.6 Å². The van der Waals surface area contributed by atoms with Crippen LogP contribution in [0.4, 0.5) is 5.69 Å². The number of benzene rings is 1. The Morgan fingerprint density at radius 1 is 1.36 bits per heavy atom. The van der Waals surface area contributed by atoms with Gasteiger partial charge in [0, 0.05) is 18.2 Å². The minimum absolute atomic E-state index is 0.111. The molecule has 0 saturated carbocycles. The molecule has 1 atom stereocenters. The van der Waals surface area contributed by atoms with Gasteiger partial charge in [-0.25, -0.2) is 4.79 Å². The van der Waals surface area contributed by atoms with Gasteiger partial charge >= 0.3 is 5.97 Å². The largest absolute Gasteiger partial charge is 0.480 e. The molecule has 0 saturated heterocycles. The third kappa shape index (κ3) is 3.59. The topological polar surface area (TPSA) is 119 Å². The first-order chi connectivity index (χ1) is 10.2. The molecule has 0 heterocycles. The highest BCUT2D eigenvalue weighted by Crippen LogP contribution is 2.28. The summed E-state index contributed by atoms with van der Waals surface area (Å²) in [6.07, 6.45) is 0. The van der Waals surface area contributed by atoms with Crippen LogP contribution < -0.4 is 5.32 Å². The molecule has 0 bridgehead atoms. The predicted molar refractivity (Wildman–Crippen MR) is 78.1 cm³/mol. The lowest BCUT2D eigenvalue weighted by Crippen LogP contribution is -2.44. The average molecular weight is 310 g/mol. The number of aliphatic carboxylic acids is 1. The van der Waals surface area contributed by atoms with Gasteiger partial charge in [0.05, 0.1) is 17.1 Å². The minimum atomic E-state index is -1.24. The fraction of sp³-hybridized carbons (Fsp3) is 0.429. The Morgan fingerprint density at radius 3 is 2.41 bits per heavy atom. The molecule has 2 N–H and O–H groups in total. The van der Waals surface area contributed by atoms with E-state index in [2.05, 4.69) is 5.32 Å². The van der Waals surface area contributed by atoms with Gasteiger partial charge < -0.3 is 15.2 Å². The van der Waals surface area contributed by atoms with E-state index in [0.29, 0.717) is 11.1 Å². The van der Waals surface area contributed by atoms with Crippen molar-refractivity contribution in [3.8, 4) is 0 Å². The second-order valence-electron chi connectivity index (χ2n) is 4.94. The molecular weight excluding hydrogens is 292 g/mol. The van der Waals surface area contributed by atoms with E-state index in [1.54, 1.807) is 13.8 Å². The number of aryl methyl sites for hydroxylation is 2. The van der Waals surface area contributed by atoms with Crippen LogP contribution in [-0.4, -0.2) is 41.7 Å². The van der Waals surface area contributed by atoms with Crippen LogP contribution in [0.25, 0.3) is 0 Å². The second-order valence-corrected chi connectivity index (χ2v) is 4.94. The van der Waals surface area contributed by atoms with Crippen molar-refractivity contribution in [1.82, 2.24) is 5.32 Å². The van der Waals surface area contributed by atoms with Gasteiger partial charge in [-0.15, -0.1) is 0 Å². The van der Waals surface area contributed by atoms with Gasteiger partial charge in [-0.1, -0.05) is 0 Å². The molecule has 0 aromatic heterocycles. The van der Waals surface area contributed by atoms with E-state index in [-0.39, 0.29) is 23.4 Å². The molecule has 0 aliphatic rings. The van der Waals surface area contributed by atoms with Crippen molar-refractivity contribution < 1.29 is 24.4 Å². The molecular formula is C14H18N2O6. The highest BCUT2D eigenvalue weighted by molar-refractivity contribution is 6.00. The number of nitro benzene ring substituents is 1. The number of nitrogens with zero attached hydrogens (tertiary/aromatic N) is 1. The van der Waals surface area contributed by atoms with Crippen LogP contribution in [0.5, 0.6) is 0 Å². The first-order valence-electron chi connectivity index (χ1n) is 6.48. The summed E-state index contributed by atoms with van der Waals surface area (Å²) in [6, 6.07) is 0.309. The number of carboxylic acids is 1. The van der Waals surface area contributed by atoms with E-state index in [1.807, 2.05) is 0 Å². The maximum Gasteiger partial charge on any atom is 0.328 e. The molecule has 1 amide bonds. The van der Waals surface area contributed by atoms with Crippen LogP contribution in [0.2, 0.25) is 0 Å². The van der Waals surface area contributed by atoms with Crippen LogP contribution in [0, 0.1) is 30.9 Å². The van der Waals surface area contributed by atoms with Gasteiger partial charge in [0.15, 0.2) is 6.04 Å². The minimum Gasteiger partial charge on any atom is -0.480 e. The summed E-state index contributed by atoms with van der Waals surface area (Å²) in [7, 11) is 1.31. The van der Waals surface area contributed by atoms with Crippen molar-refractivity contribution in [3.63, 3.8) is 0 Å². The monoisotopic (exact) mass is 310 g/mol. The molecule has 1 aromatic rings. The Labute approximate surface area is 127 Å². The summed E-state index contributed by atoms with van der Waals surface area (Å²) < 4.78 is 4.74.